The molecule has 0 bridgehead atoms. The van der Waals surface area contributed by atoms with E-state index >= 15 is 0 Å². The van der Waals surface area contributed by atoms with E-state index in [9.17, 15) is 15.4 Å². The van der Waals surface area contributed by atoms with Gasteiger partial charge in [0.15, 0.2) is 0 Å². The van der Waals surface area contributed by atoms with Crippen LogP contribution in [0.3, 0.4) is 0 Å². The van der Waals surface area contributed by atoms with Crippen LogP contribution in [0, 0.1) is 21.4 Å². The first-order valence-electron chi connectivity index (χ1n) is 8.50. The second-order valence-electron chi connectivity index (χ2n) is 6.05. The smallest absolute Gasteiger partial charge is 0.269 e. The molecule has 0 radical (unpaired) electrons. The second kappa shape index (κ2) is 9.50. The van der Waals surface area contributed by atoms with Gasteiger partial charge in [0, 0.05) is 22.2 Å². The Kier molecular flexibility index (Phi) is 6.81. The van der Waals surface area contributed by atoms with Crippen molar-refractivity contribution in [2.45, 2.75) is 6.61 Å². The largest absolute Gasteiger partial charge is 0.487 e. The zero-order valence-electron chi connectivity index (χ0n) is 15.0. The summed E-state index contributed by atoms with van der Waals surface area (Å²) in [6, 6.07) is 21.6. The van der Waals surface area contributed by atoms with E-state index in [4.69, 9.17) is 4.74 Å². The van der Waals surface area contributed by atoms with Crippen molar-refractivity contribution < 1.29 is 9.66 Å². The first-order chi connectivity index (χ1) is 14.0. The molecule has 0 saturated carbocycles. The monoisotopic (exact) mass is 512 g/mol. The zero-order valence-corrected chi connectivity index (χ0v) is 18.2. The molecule has 0 N–H and O–H groups in total. The number of benzene rings is 3. The van der Waals surface area contributed by atoms with Crippen molar-refractivity contribution in [3.05, 3.63) is 102 Å². The van der Waals surface area contributed by atoms with Crippen molar-refractivity contribution in [2.75, 3.05) is 0 Å². The maximum absolute atomic E-state index is 10.8. The molecule has 0 aliphatic carbocycles. The lowest BCUT2D eigenvalue weighted by Gasteiger charge is -2.13. The van der Waals surface area contributed by atoms with E-state index in [1.54, 1.807) is 18.2 Å². The highest BCUT2D eigenvalue weighted by Crippen LogP contribution is 2.36. The lowest BCUT2D eigenvalue weighted by Crippen LogP contribution is -1.99. The van der Waals surface area contributed by atoms with Gasteiger partial charge in [-0.15, -0.1) is 0 Å². The number of ether oxygens (including phenoxy) is 1. The molecule has 0 spiro atoms. The predicted molar refractivity (Wildman–Crippen MR) is 119 cm³/mol. The molecular weight excluding hydrogens is 500 g/mol. The topological polar surface area (TPSA) is 76.2 Å². The van der Waals surface area contributed by atoms with E-state index < -0.39 is 4.92 Å². The number of non-ortho nitro benzene ring substituents is 1. The molecule has 3 aromatic rings. The Bertz CT molecular complexity index is 1110. The summed E-state index contributed by atoms with van der Waals surface area (Å²) >= 11 is 6.99. The average molecular weight is 514 g/mol. The molecule has 0 heterocycles. The van der Waals surface area contributed by atoms with Gasteiger partial charge < -0.3 is 4.74 Å². The summed E-state index contributed by atoms with van der Waals surface area (Å²) in [5, 5.41) is 20.4. The summed E-state index contributed by atoms with van der Waals surface area (Å²) in [5.74, 6) is 0.579. The zero-order chi connectivity index (χ0) is 20.8. The van der Waals surface area contributed by atoms with Crippen molar-refractivity contribution in [3.63, 3.8) is 0 Å². The molecule has 0 aliphatic heterocycles. The minimum Gasteiger partial charge on any atom is -0.487 e. The molecule has 0 saturated heterocycles. The molecule has 0 amide bonds. The van der Waals surface area contributed by atoms with E-state index in [-0.39, 0.29) is 12.3 Å². The van der Waals surface area contributed by atoms with Gasteiger partial charge >= 0.3 is 0 Å². The van der Waals surface area contributed by atoms with Crippen LogP contribution in [0.2, 0.25) is 0 Å². The quantitative estimate of drug-likeness (QED) is 0.158. The van der Waals surface area contributed by atoms with Crippen molar-refractivity contribution in [1.82, 2.24) is 0 Å². The molecule has 144 valence electrons. The van der Waals surface area contributed by atoms with Crippen LogP contribution in [0.25, 0.3) is 11.6 Å². The summed E-state index contributed by atoms with van der Waals surface area (Å²) in [7, 11) is 0. The van der Waals surface area contributed by atoms with E-state index in [2.05, 4.69) is 37.9 Å². The van der Waals surface area contributed by atoms with Gasteiger partial charge in [-0.25, -0.2) is 0 Å². The number of hydrogen-bond donors (Lipinski definition) is 0. The average Bonchev–Trinajstić information content (AvgIpc) is 2.72. The third kappa shape index (κ3) is 5.31. The highest BCUT2D eigenvalue weighted by atomic mass is 79.9. The Balaban J connectivity index is 1.92. The van der Waals surface area contributed by atoms with Gasteiger partial charge in [0.05, 0.1) is 21.0 Å². The molecule has 0 fully saturated rings. The predicted octanol–water partition coefficient (Wildman–Crippen LogP) is 6.76. The standard InChI is InChI=1S/C22H14Br2N2O3/c23-19-11-17(10-18(13-25)16-4-2-1-3-5-16)22(21(24)12-19)29-14-15-6-8-20(9-7-15)26(27)28/h1-12H,14H2/b18-10+. The van der Waals surface area contributed by atoms with Gasteiger partial charge in [-0.1, -0.05) is 46.3 Å². The van der Waals surface area contributed by atoms with Crippen LogP contribution in [-0.2, 0) is 6.61 Å². The van der Waals surface area contributed by atoms with Crippen molar-refractivity contribution >= 4 is 49.2 Å². The summed E-state index contributed by atoms with van der Waals surface area (Å²) < 4.78 is 7.56. The lowest BCUT2D eigenvalue weighted by molar-refractivity contribution is -0.384. The van der Waals surface area contributed by atoms with Crippen LogP contribution in [0.5, 0.6) is 5.75 Å². The summed E-state index contributed by atoms with van der Waals surface area (Å²) in [6.07, 6.45) is 1.77. The Morgan fingerprint density at radius 1 is 1.10 bits per heavy atom. The highest BCUT2D eigenvalue weighted by molar-refractivity contribution is 9.11. The lowest BCUT2D eigenvalue weighted by atomic mass is 10.0. The highest BCUT2D eigenvalue weighted by Gasteiger charge is 2.12. The molecule has 0 atom stereocenters. The van der Waals surface area contributed by atoms with Gasteiger partial charge in [0.2, 0.25) is 0 Å². The van der Waals surface area contributed by atoms with Crippen LogP contribution >= 0.6 is 31.9 Å². The minimum atomic E-state index is -0.439. The molecule has 29 heavy (non-hydrogen) atoms. The third-order valence-corrected chi connectivity index (χ3v) is 5.12. The number of hydrogen-bond acceptors (Lipinski definition) is 4. The number of nitrogens with zero attached hydrogens (tertiary/aromatic N) is 2. The van der Waals surface area contributed by atoms with Crippen LogP contribution in [0.1, 0.15) is 16.7 Å². The number of nitriles is 1. The molecular formula is C22H14Br2N2O3. The third-order valence-electron chi connectivity index (χ3n) is 4.07. The van der Waals surface area contributed by atoms with Gasteiger partial charge in [-0.3, -0.25) is 10.1 Å². The van der Waals surface area contributed by atoms with Crippen molar-refractivity contribution in [3.8, 4) is 11.8 Å². The Labute approximate surface area is 184 Å². The summed E-state index contributed by atoms with van der Waals surface area (Å²) in [5.41, 5.74) is 2.88. The summed E-state index contributed by atoms with van der Waals surface area (Å²) in [6.45, 7) is 0.228. The van der Waals surface area contributed by atoms with Gasteiger partial charge in [-0.2, -0.15) is 5.26 Å². The second-order valence-corrected chi connectivity index (χ2v) is 7.82. The molecule has 7 heteroatoms. The van der Waals surface area contributed by atoms with Crippen LogP contribution < -0.4 is 4.74 Å². The van der Waals surface area contributed by atoms with Crippen molar-refractivity contribution in [1.29, 1.82) is 5.26 Å². The normalized spacial score (nSPS) is 11.0. The number of nitro groups is 1. The Hall–Kier alpha value is -2.95. The first kappa shape index (κ1) is 20.8. The van der Waals surface area contributed by atoms with E-state index in [0.717, 1.165) is 25.6 Å². The van der Waals surface area contributed by atoms with Gasteiger partial charge in [-0.05, 0) is 57.4 Å². The number of allylic oxidation sites excluding steroid dienone is 1. The fourth-order valence-electron chi connectivity index (χ4n) is 2.66. The van der Waals surface area contributed by atoms with Gasteiger partial charge in [0.25, 0.3) is 5.69 Å². The molecule has 0 aliphatic rings. The number of nitro benzene ring substituents is 1. The maximum atomic E-state index is 10.8. The molecule has 3 aromatic carbocycles. The van der Waals surface area contributed by atoms with Crippen LogP contribution in [0.15, 0.2) is 75.7 Å². The fraction of sp³-hybridized carbons (Fsp3) is 0.0455. The maximum Gasteiger partial charge on any atom is 0.269 e. The molecule has 0 aromatic heterocycles. The number of rotatable bonds is 6. The molecule has 5 nitrogen and oxygen atoms in total. The van der Waals surface area contributed by atoms with E-state index in [1.165, 1.54) is 12.1 Å². The minimum absolute atomic E-state index is 0.0312. The van der Waals surface area contributed by atoms with E-state index in [0.29, 0.717) is 11.3 Å². The Morgan fingerprint density at radius 3 is 2.41 bits per heavy atom. The van der Waals surface area contributed by atoms with Crippen LogP contribution in [-0.4, -0.2) is 4.92 Å². The Morgan fingerprint density at radius 2 is 1.79 bits per heavy atom. The molecule has 3 rings (SSSR count). The summed E-state index contributed by atoms with van der Waals surface area (Å²) in [4.78, 5) is 10.4. The molecule has 0 unspecified atom stereocenters. The number of halogens is 2. The fourth-order valence-corrected chi connectivity index (χ4v) is 4.04. The SMILES string of the molecule is N#C/C(=C\c1cc(Br)cc(Br)c1OCc1ccc([N+](=O)[O-])cc1)c1ccccc1. The van der Waals surface area contributed by atoms with Crippen LogP contribution in [0.4, 0.5) is 5.69 Å². The van der Waals surface area contributed by atoms with E-state index in [1.807, 2.05) is 42.5 Å². The van der Waals surface area contributed by atoms with Gasteiger partial charge in [0.1, 0.15) is 12.4 Å². The van der Waals surface area contributed by atoms with Crippen molar-refractivity contribution in [2.24, 2.45) is 0 Å². The first-order valence-corrected chi connectivity index (χ1v) is 10.1.